The van der Waals surface area contributed by atoms with Crippen LogP contribution in [0.4, 0.5) is 11.5 Å². The van der Waals surface area contributed by atoms with E-state index in [9.17, 15) is 4.79 Å². The van der Waals surface area contributed by atoms with Crippen molar-refractivity contribution in [1.82, 2.24) is 15.2 Å². The standard InChI is InChI=1S/C16H16Cl2N4O.2ClH/c17-13-4-3-11(10-14(13)18)21-15-12(2-1-5-20-15)16(23)22-8-6-19-7-9-22;;/h1-5,10,19H,6-9H2,(H,20,21);2*1H. The normalized spacial score (nSPS) is 13.4. The summed E-state index contributed by atoms with van der Waals surface area (Å²) in [6, 6.07) is 8.74. The molecule has 0 bridgehead atoms. The third kappa shape index (κ3) is 5.36. The first-order valence-electron chi connectivity index (χ1n) is 7.32. The highest BCUT2D eigenvalue weighted by Gasteiger charge is 2.21. The Morgan fingerprint density at radius 2 is 1.84 bits per heavy atom. The molecule has 1 fully saturated rings. The van der Waals surface area contributed by atoms with E-state index in [0.717, 1.165) is 18.8 Å². The molecule has 1 aliphatic heterocycles. The topological polar surface area (TPSA) is 57.3 Å². The van der Waals surface area contributed by atoms with Crippen molar-refractivity contribution in [3.05, 3.63) is 52.1 Å². The van der Waals surface area contributed by atoms with Crippen molar-refractivity contribution in [1.29, 1.82) is 0 Å². The largest absolute Gasteiger partial charge is 0.340 e. The molecule has 1 amide bonds. The summed E-state index contributed by atoms with van der Waals surface area (Å²) in [5.41, 5.74) is 1.27. The van der Waals surface area contributed by atoms with E-state index in [1.54, 1.807) is 36.5 Å². The zero-order chi connectivity index (χ0) is 16.2. The van der Waals surface area contributed by atoms with Gasteiger partial charge in [0, 0.05) is 38.1 Å². The minimum atomic E-state index is -0.0258. The van der Waals surface area contributed by atoms with Crippen LogP contribution in [0.15, 0.2) is 36.5 Å². The number of nitrogens with zero attached hydrogens (tertiary/aromatic N) is 2. The van der Waals surface area contributed by atoms with Gasteiger partial charge in [0.05, 0.1) is 15.6 Å². The lowest BCUT2D eigenvalue weighted by Crippen LogP contribution is -2.46. The monoisotopic (exact) mass is 422 g/mol. The number of hydrogen-bond acceptors (Lipinski definition) is 4. The van der Waals surface area contributed by atoms with Crippen molar-refractivity contribution >= 4 is 65.4 Å². The molecule has 3 rings (SSSR count). The molecule has 1 aromatic heterocycles. The Balaban J connectivity index is 0.00000156. The third-order valence-corrected chi connectivity index (χ3v) is 4.36. The lowest BCUT2D eigenvalue weighted by atomic mass is 10.2. The van der Waals surface area contributed by atoms with Gasteiger partial charge >= 0.3 is 0 Å². The van der Waals surface area contributed by atoms with Crippen molar-refractivity contribution in [2.24, 2.45) is 0 Å². The van der Waals surface area contributed by atoms with Crippen LogP contribution in [0.5, 0.6) is 0 Å². The number of pyridine rings is 1. The molecule has 25 heavy (non-hydrogen) atoms. The molecule has 5 nitrogen and oxygen atoms in total. The second-order valence-electron chi connectivity index (χ2n) is 5.20. The Labute approximate surface area is 168 Å². The molecule has 0 unspecified atom stereocenters. The predicted octanol–water partition coefficient (Wildman–Crippen LogP) is 4.02. The lowest BCUT2D eigenvalue weighted by molar-refractivity contribution is 0.0736. The van der Waals surface area contributed by atoms with Crippen molar-refractivity contribution in [3.63, 3.8) is 0 Å². The highest BCUT2D eigenvalue weighted by molar-refractivity contribution is 6.42. The summed E-state index contributed by atoms with van der Waals surface area (Å²) in [5, 5.41) is 7.31. The number of rotatable bonds is 3. The average Bonchev–Trinajstić information content (AvgIpc) is 2.59. The molecule has 1 aliphatic rings. The minimum absolute atomic E-state index is 0. The van der Waals surface area contributed by atoms with E-state index in [4.69, 9.17) is 23.2 Å². The molecule has 0 radical (unpaired) electrons. The first-order valence-corrected chi connectivity index (χ1v) is 8.08. The zero-order valence-electron chi connectivity index (χ0n) is 13.2. The number of carbonyl (C=O) groups is 1. The number of amides is 1. The van der Waals surface area contributed by atoms with Crippen LogP contribution >= 0.6 is 48.0 Å². The van der Waals surface area contributed by atoms with Crippen LogP contribution in [0.2, 0.25) is 10.0 Å². The number of hydrogen-bond donors (Lipinski definition) is 2. The van der Waals surface area contributed by atoms with Gasteiger partial charge in [-0.3, -0.25) is 4.79 Å². The van der Waals surface area contributed by atoms with Gasteiger partial charge in [-0.1, -0.05) is 23.2 Å². The molecular formula is C16H18Cl4N4O. The number of piperazine rings is 1. The van der Waals surface area contributed by atoms with Gasteiger partial charge < -0.3 is 15.5 Å². The summed E-state index contributed by atoms with van der Waals surface area (Å²) in [7, 11) is 0. The molecule has 0 atom stereocenters. The summed E-state index contributed by atoms with van der Waals surface area (Å²) >= 11 is 12.0. The van der Waals surface area contributed by atoms with E-state index in [1.165, 1.54) is 0 Å². The van der Waals surface area contributed by atoms with Gasteiger partial charge in [0.15, 0.2) is 0 Å². The summed E-state index contributed by atoms with van der Waals surface area (Å²) in [4.78, 5) is 18.8. The second kappa shape index (κ2) is 10.0. The maximum absolute atomic E-state index is 12.7. The van der Waals surface area contributed by atoms with Crippen LogP contribution in [0.1, 0.15) is 10.4 Å². The summed E-state index contributed by atoms with van der Waals surface area (Å²) in [6.07, 6.45) is 1.65. The van der Waals surface area contributed by atoms with E-state index in [2.05, 4.69) is 15.6 Å². The predicted molar refractivity (Wildman–Crippen MR) is 107 cm³/mol. The van der Waals surface area contributed by atoms with E-state index in [1.807, 2.05) is 4.90 Å². The molecule has 1 aromatic carbocycles. The number of aromatic nitrogens is 1. The van der Waals surface area contributed by atoms with Gasteiger partial charge in [0.2, 0.25) is 0 Å². The van der Waals surface area contributed by atoms with Crippen LogP contribution in [0, 0.1) is 0 Å². The fourth-order valence-electron chi connectivity index (χ4n) is 2.43. The molecule has 136 valence electrons. The first kappa shape index (κ1) is 21.8. The fourth-order valence-corrected chi connectivity index (χ4v) is 2.72. The third-order valence-electron chi connectivity index (χ3n) is 3.62. The number of anilines is 2. The summed E-state index contributed by atoms with van der Waals surface area (Å²) in [5.74, 6) is 0.483. The maximum atomic E-state index is 12.7. The van der Waals surface area contributed by atoms with Gasteiger partial charge in [-0.15, -0.1) is 24.8 Å². The second-order valence-corrected chi connectivity index (χ2v) is 6.01. The molecule has 1 saturated heterocycles. The highest BCUT2D eigenvalue weighted by Crippen LogP contribution is 2.27. The minimum Gasteiger partial charge on any atom is -0.340 e. The number of halogens is 4. The Morgan fingerprint density at radius 1 is 1.12 bits per heavy atom. The number of carbonyl (C=O) groups excluding carboxylic acids is 1. The molecule has 2 heterocycles. The Bertz CT molecular complexity index is 723. The molecule has 2 aromatic rings. The molecule has 2 N–H and O–H groups in total. The van der Waals surface area contributed by atoms with Gasteiger partial charge in [-0.2, -0.15) is 0 Å². The van der Waals surface area contributed by atoms with E-state index >= 15 is 0 Å². The van der Waals surface area contributed by atoms with E-state index < -0.39 is 0 Å². The SMILES string of the molecule is Cl.Cl.O=C(c1cccnc1Nc1ccc(Cl)c(Cl)c1)N1CCNCC1. The van der Waals surface area contributed by atoms with Crippen molar-refractivity contribution in [2.75, 3.05) is 31.5 Å². The van der Waals surface area contributed by atoms with Crippen LogP contribution in [0.25, 0.3) is 0 Å². The highest BCUT2D eigenvalue weighted by atomic mass is 35.5. The number of nitrogens with one attached hydrogen (secondary N) is 2. The Morgan fingerprint density at radius 3 is 2.52 bits per heavy atom. The molecule has 0 spiro atoms. The van der Waals surface area contributed by atoms with Crippen molar-refractivity contribution in [2.45, 2.75) is 0 Å². The summed E-state index contributed by atoms with van der Waals surface area (Å²) < 4.78 is 0. The average molecular weight is 424 g/mol. The molecule has 9 heteroatoms. The Kier molecular flexibility index (Phi) is 8.76. The number of benzene rings is 1. The van der Waals surface area contributed by atoms with E-state index in [0.29, 0.717) is 34.5 Å². The zero-order valence-corrected chi connectivity index (χ0v) is 16.3. The quantitative estimate of drug-likeness (QED) is 0.782. The fraction of sp³-hybridized carbons (Fsp3) is 0.250. The van der Waals surface area contributed by atoms with Crippen LogP contribution in [-0.2, 0) is 0 Å². The van der Waals surface area contributed by atoms with Crippen LogP contribution in [0.3, 0.4) is 0 Å². The first-order chi connectivity index (χ1) is 11.1. The van der Waals surface area contributed by atoms with Crippen molar-refractivity contribution < 1.29 is 4.79 Å². The smallest absolute Gasteiger partial charge is 0.257 e. The lowest BCUT2D eigenvalue weighted by Gasteiger charge is -2.28. The maximum Gasteiger partial charge on any atom is 0.257 e. The van der Waals surface area contributed by atoms with E-state index in [-0.39, 0.29) is 30.7 Å². The summed E-state index contributed by atoms with van der Waals surface area (Å²) in [6.45, 7) is 3.00. The molecule has 0 aliphatic carbocycles. The molecule has 0 saturated carbocycles. The van der Waals surface area contributed by atoms with Gasteiger partial charge in [-0.05, 0) is 30.3 Å². The van der Waals surface area contributed by atoms with Crippen LogP contribution in [-0.4, -0.2) is 42.0 Å². The van der Waals surface area contributed by atoms with Crippen molar-refractivity contribution in [3.8, 4) is 0 Å². The Hall–Kier alpha value is -1.24. The van der Waals surface area contributed by atoms with Gasteiger partial charge in [0.1, 0.15) is 5.82 Å². The van der Waals surface area contributed by atoms with Gasteiger partial charge in [0.25, 0.3) is 5.91 Å². The van der Waals surface area contributed by atoms with Crippen LogP contribution < -0.4 is 10.6 Å². The van der Waals surface area contributed by atoms with Gasteiger partial charge in [-0.25, -0.2) is 4.98 Å². The molecular weight excluding hydrogens is 406 g/mol.